The average Bonchev–Trinajstić information content (AvgIpc) is 3.53. The highest BCUT2D eigenvalue weighted by molar-refractivity contribution is 7.90. The minimum absolute atomic E-state index is 0.0572. The van der Waals surface area contributed by atoms with Crippen molar-refractivity contribution in [3.05, 3.63) is 42.5 Å². The largest absolute Gasteiger partial charge is 0.393 e. The maximum Gasteiger partial charge on any atom is 0.256 e. The van der Waals surface area contributed by atoms with E-state index < -0.39 is 20.0 Å². The van der Waals surface area contributed by atoms with E-state index in [1.54, 1.807) is 18.5 Å². The van der Waals surface area contributed by atoms with Gasteiger partial charge in [0.05, 0.1) is 46.8 Å². The molecule has 0 amide bonds. The van der Waals surface area contributed by atoms with Gasteiger partial charge in [-0.2, -0.15) is 9.19 Å². The third kappa shape index (κ3) is 7.20. The molecule has 1 atom stereocenters. The molecule has 1 unspecified atom stereocenters. The van der Waals surface area contributed by atoms with Crippen molar-refractivity contribution in [2.24, 2.45) is 11.8 Å². The molecule has 0 spiro atoms. The van der Waals surface area contributed by atoms with Crippen molar-refractivity contribution in [2.75, 3.05) is 36.5 Å². The van der Waals surface area contributed by atoms with Gasteiger partial charge in [0.15, 0.2) is 5.82 Å². The lowest BCUT2D eigenvalue weighted by Crippen LogP contribution is -2.27. The van der Waals surface area contributed by atoms with Gasteiger partial charge in [-0.25, -0.2) is 36.1 Å². The predicted octanol–water partition coefficient (Wildman–Crippen LogP) is 2.41. The number of rotatable bonds is 9. The molecule has 1 saturated heterocycles. The summed E-state index contributed by atoms with van der Waals surface area (Å²) in [6.07, 6.45) is 12.6. The van der Waals surface area contributed by atoms with Crippen molar-refractivity contribution >= 4 is 37.4 Å². The SMILES string of the molecule is CS(=O)(=O)N1CCC(C#Cc2cnc(Nc3ccnc(-c4cnn(S(=O)(=O)C5CC5)c4)n3)cc2NC[C@H]2CC[C@H](O)CC2)C1. The lowest BCUT2D eigenvalue weighted by molar-refractivity contribution is 0.111. The number of nitrogens with one attached hydrogen (secondary N) is 2. The van der Waals surface area contributed by atoms with Crippen LogP contribution in [0.2, 0.25) is 0 Å². The van der Waals surface area contributed by atoms with Gasteiger partial charge in [0.2, 0.25) is 10.0 Å². The smallest absolute Gasteiger partial charge is 0.256 e. The monoisotopic (exact) mass is 640 g/mol. The number of sulfonamides is 1. The Labute approximate surface area is 257 Å². The van der Waals surface area contributed by atoms with E-state index in [2.05, 4.69) is 42.5 Å². The van der Waals surface area contributed by atoms with E-state index in [1.807, 2.05) is 6.07 Å². The van der Waals surface area contributed by atoms with Crippen LogP contribution in [0.5, 0.6) is 0 Å². The highest BCUT2D eigenvalue weighted by Crippen LogP contribution is 2.31. The number of aliphatic hydroxyl groups excluding tert-OH is 1. The molecule has 3 aliphatic rings. The molecule has 0 aromatic carbocycles. The van der Waals surface area contributed by atoms with Gasteiger partial charge in [-0.15, -0.1) is 0 Å². The van der Waals surface area contributed by atoms with Gasteiger partial charge in [0, 0.05) is 44.0 Å². The van der Waals surface area contributed by atoms with E-state index >= 15 is 0 Å². The van der Waals surface area contributed by atoms with Crippen LogP contribution in [0.4, 0.5) is 17.3 Å². The first-order valence-corrected chi connectivity index (χ1v) is 18.2. The Morgan fingerprint density at radius 3 is 2.55 bits per heavy atom. The third-order valence-electron chi connectivity index (χ3n) is 8.27. The molecule has 2 saturated carbocycles. The number of aliphatic hydroxyl groups is 1. The molecule has 3 fully saturated rings. The zero-order valence-electron chi connectivity index (χ0n) is 24.4. The van der Waals surface area contributed by atoms with Crippen molar-refractivity contribution < 1.29 is 21.9 Å². The van der Waals surface area contributed by atoms with Gasteiger partial charge >= 0.3 is 0 Å². The van der Waals surface area contributed by atoms with Gasteiger partial charge in [-0.1, -0.05) is 11.8 Å². The standard InChI is InChI=1S/C29H36N8O5S2/c1-43(39,40)36-13-11-21(18-36)2-5-22-16-32-28(14-26(22)31-15-20-3-6-24(38)7-4-20)34-27-10-12-30-29(35-27)23-17-33-37(19-23)44(41,42)25-8-9-25/h10,12,14,16-17,19-21,24-25,38H,3-4,6-9,11,13,15,18H2,1H3,(H2,30,31,32,34,35)/t20-,21?,24-. The van der Waals surface area contributed by atoms with Crippen LogP contribution in [0.3, 0.4) is 0 Å². The fourth-order valence-electron chi connectivity index (χ4n) is 5.48. The van der Waals surface area contributed by atoms with Crippen LogP contribution >= 0.6 is 0 Å². The second kappa shape index (κ2) is 12.4. The minimum Gasteiger partial charge on any atom is -0.393 e. The number of nitrogens with zero attached hydrogens (tertiary/aromatic N) is 6. The molecule has 44 heavy (non-hydrogen) atoms. The van der Waals surface area contributed by atoms with Gasteiger partial charge in [-0.05, 0) is 56.9 Å². The fraction of sp³-hybridized carbons (Fsp3) is 0.517. The summed E-state index contributed by atoms with van der Waals surface area (Å²) in [6.45, 7) is 1.57. The first kappa shape index (κ1) is 30.4. The summed E-state index contributed by atoms with van der Waals surface area (Å²) in [4.78, 5) is 13.4. The Balaban J connectivity index is 1.20. The van der Waals surface area contributed by atoms with Crippen LogP contribution in [0, 0.1) is 23.7 Å². The zero-order chi connectivity index (χ0) is 30.9. The second-order valence-electron chi connectivity index (χ2n) is 11.8. The van der Waals surface area contributed by atoms with E-state index in [-0.39, 0.29) is 17.3 Å². The molecule has 3 aromatic rings. The molecule has 2 aliphatic carbocycles. The summed E-state index contributed by atoms with van der Waals surface area (Å²) in [5, 5.41) is 20.3. The summed E-state index contributed by atoms with van der Waals surface area (Å²) in [7, 11) is -6.73. The molecular formula is C29H36N8O5S2. The number of pyridine rings is 1. The fourth-order valence-corrected chi connectivity index (χ4v) is 7.84. The van der Waals surface area contributed by atoms with E-state index in [1.165, 1.54) is 23.0 Å². The van der Waals surface area contributed by atoms with Crippen molar-refractivity contribution in [1.29, 1.82) is 0 Å². The molecule has 0 radical (unpaired) electrons. The highest BCUT2D eigenvalue weighted by atomic mass is 32.2. The number of hydrogen-bond acceptors (Lipinski definition) is 11. The highest BCUT2D eigenvalue weighted by Gasteiger charge is 2.37. The molecule has 13 nitrogen and oxygen atoms in total. The van der Waals surface area contributed by atoms with Crippen LogP contribution < -0.4 is 10.6 Å². The van der Waals surface area contributed by atoms with E-state index in [4.69, 9.17) is 0 Å². The van der Waals surface area contributed by atoms with Crippen molar-refractivity contribution in [1.82, 2.24) is 28.4 Å². The summed E-state index contributed by atoms with van der Waals surface area (Å²) in [6, 6.07) is 3.56. The Kier molecular flexibility index (Phi) is 8.60. The van der Waals surface area contributed by atoms with Gasteiger partial charge in [0.1, 0.15) is 11.6 Å². The lowest BCUT2D eigenvalue weighted by Gasteiger charge is -2.26. The Bertz CT molecular complexity index is 1790. The molecule has 15 heteroatoms. The molecule has 3 N–H and O–H groups in total. The first-order chi connectivity index (χ1) is 21.0. The van der Waals surface area contributed by atoms with Gasteiger partial charge < -0.3 is 15.7 Å². The molecule has 1 aliphatic heterocycles. The summed E-state index contributed by atoms with van der Waals surface area (Å²) >= 11 is 0. The molecular weight excluding hydrogens is 605 g/mol. The Hall–Kier alpha value is -3.58. The predicted molar refractivity (Wildman–Crippen MR) is 166 cm³/mol. The van der Waals surface area contributed by atoms with Gasteiger partial charge in [0.25, 0.3) is 10.0 Å². The van der Waals surface area contributed by atoms with Crippen molar-refractivity contribution in [3.63, 3.8) is 0 Å². The van der Waals surface area contributed by atoms with E-state index in [9.17, 15) is 21.9 Å². The summed E-state index contributed by atoms with van der Waals surface area (Å²) < 4.78 is 51.4. The van der Waals surface area contributed by atoms with E-state index in [0.29, 0.717) is 66.9 Å². The number of anilines is 3. The van der Waals surface area contributed by atoms with Crippen LogP contribution in [-0.2, 0) is 20.0 Å². The normalized spacial score (nSPS) is 22.7. The number of hydrogen-bond donors (Lipinski definition) is 3. The average molecular weight is 641 g/mol. The second-order valence-corrected chi connectivity index (χ2v) is 15.8. The van der Waals surface area contributed by atoms with Crippen LogP contribution in [0.25, 0.3) is 11.4 Å². The molecule has 3 aromatic heterocycles. The van der Waals surface area contributed by atoms with Crippen LogP contribution in [-0.4, -0.2) is 87.6 Å². The molecule has 234 valence electrons. The number of aromatic nitrogens is 5. The summed E-state index contributed by atoms with van der Waals surface area (Å²) in [5.74, 6) is 8.16. The molecule has 4 heterocycles. The van der Waals surface area contributed by atoms with Crippen molar-refractivity contribution in [3.8, 4) is 23.2 Å². The minimum atomic E-state index is -3.49. The van der Waals surface area contributed by atoms with Crippen molar-refractivity contribution in [2.45, 2.75) is 56.3 Å². The maximum absolute atomic E-state index is 12.5. The Morgan fingerprint density at radius 1 is 1.02 bits per heavy atom. The van der Waals surface area contributed by atoms with E-state index in [0.717, 1.165) is 42.0 Å². The lowest BCUT2D eigenvalue weighted by atomic mass is 9.87. The quantitative estimate of drug-likeness (QED) is 0.293. The Morgan fingerprint density at radius 2 is 1.82 bits per heavy atom. The van der Waals surface area contributed by atoms with Gasteiger partial charge in [-0.3, -0.25) is 0 Å². The first-order valence-electron chi connectivity index (χ1n) is 14.8. The topological polar surface area (TPSA) is 172 Å². The third-order valence-corrected chi connectivity index (χ3v) is 11.6. The molecule has 6 rings (SSSR count). The zero-order valence-corrected chi connectivity index (χ0v) is 26.1. The molecule has 0 bridgehead atoms. The van der Waals surface area contributed by atoms with Crippen LogP contribution in [0.15, 0.2) is 36.9 Å². The summed E-state index contributed by atoms with van der Waals surface area (Å²) in [5.41, 5.74) is 1.98. The maximum atomic E-state index is 12.5. The van der Waals surface area contributed by atoms with Crippen LogP contribution in [0.1, 0.15) is 50.5 Å².